The minimum atomic E-state index is -3.00. The third kappa shape index (κ3) is 3.84. The van der Waals surface area contributed by atoms with Gasteiger partial charge in [-0.3, -0.25) is 4.79 Å². The van der Waals surface area contributed by atoms with Crippen molar-refractivity contribution >= 4 is 42.4 Å². The average Bonchev–Trinajstić information content (AvgIpc) is 2.85. The first-order valence-corrected chi connectivity index (χ1v) is 9.86. The first kappa shape index (κ1) is 16.3. The molecule has 1 heterocycles. The first-order chi connectivity index (χ1) is 10.9. The summed E-state index contributed by atoms with van der Waals surface area (Å²) in [6.45, 7) is -0.145. The molecular formula is C16H16BrNO4S. The Labute approximate surface area is 143 Å². The van der Waals surface area contributed by atoms with Crippen molar-refractivity contribution in [3.05, 3.63) is 40.9 Å². The second-order valence-corrected chi connectivity index (χ2v) is 8.58. The number of rotatable bonds is 4. The summed E-state index contributed by atoms with van der Waals surface area (Å²) in [7, 11) is -3.00. The Morgan fingerprint density at radius 3 is 2.78 bits per heavy atom. The van der Waals surface area contributed by atoms with Gasteiger partial charge in [-0.15, -0.1) is 0 Å². The number of nitrogens with one attached hydrogen (secondary N) is 1. The number of carbonyl (C=O) groups is 1. The standard InChI is InChI=1S/C16H16BrNO4S/c17-16-13-4-2-1-3-11(13)5-6-14(16)22-9-15(19)18-12-7-8-23(20,21)10-12/h1-6,12H,7-10H2,(H,18,19)/t12-/m1/s1. The van der Waals surface area contributed by atoms with E-state index in [1.165, 1.54) is 0 Å². The number of carbonyl (C=O) groups excluding carboxylic acids is 1. The van der Waals surface area contributed by atoms with Crippen molar-refractivity contribution in [2.24, 2.45) is 0 Å². The lowest BCUT2D eigenvalue weighted by molar-refractivity contribution is -0.123. The summed E-state index contributed by atoms with van der Waals surface area (Å²) in [4.78, 5) is 11.9. The van der Waals surface area contributed by atoms with Gasteiger partial charge in [0, 0.05) is 6.04 Å². The van der Waals surface area contributed by atoms with Crippen LogP contribution in [0.4, 0.5) is 0 Å². The van der Waals surface area contributed by atoms with Crippen molar-refractivity contribution in [1.29, 1.82) is 0 Å². The Hall–Kier alpha value is -1.60. The molecule has 1 atom stereocenters. The van der Waals surface area contributed by atoms with Gasteiger partial charge in [0.2, 0.25) is 0 Å². The SMILES string of the molecule is O=C(COc1ccc2ccccc2c1Br)N[C@@H]1CCS(=O)(=O)C1. The molecule has 0 unspecified atom stereocenters. The third-order valence-corrected chi connectivity index (χ3v) is 6.37. The first-order valence-electron chi connectivity index (χ1n) is 7.24. The summed E-state index contributed by atoms with van der Waals surface area (Å²) < 4.78 is 29.1. The maximum Gasteiger partial charge on any atom is 0.258 e. The van der Waals surface area contributed by atoms with E-state index in [4.69, 9.17) is 4.74 Å². The predicted octanol–water partition coefficient (Wildman–Crippen LogP) is 2.28. The quantitative estimate of drug-likeness (QED) is 0.858. The molecule has 7 heteroatoms. The number of benzene rings is 2. The fourth-order valence-corrected chi connectivity index (χ4v) is 4.93. The van der Waals surface area contributed by atoms with E-state index in [1.807, 2.05) is 30.3 Å². The zero-order chi connectivity index (χ0) is 16.4. The molecule has 0 saturated carbocycles. The molecule has 0 spiro atoms. The molecule has 0 radical (unpaired) electrons. The second-order valence-electron chi connectivity index (χ2n) is 5.55. The van der Waals surface area contributed by atoms with E-state index in [9.17, 15) is 13.2 Å². The number of amides is 1. The number of halogens is 1. The van der Waals surface area contributed by atoms with Gasteiger partial charge >= 0.3 is 0 Å². The normalized spacial score (nSPS) is 19.6. The highest BCUT2D eigenvalue weighted by atomic mass is 79.9. The van der Waals surface area contributed by atoms with Crippen molar-refractivity contribution in [3.8, 4) is 5.75 Å². The van der Waals surface area contributed by atoms with E-state index in [-0.39, 0.29) is 30.1 Å². The highest BCUT2D eigenvalue weighted by molar-refractivity contribution is 9.10. The Morgan fingerprint density at radius 2 is 2.04 bits per heavy atom. The van der Waals surface area contributed by atoms with E-state index in [2.05, 4.69) is 21.2 Å². The van der Waals surface area contributed by atoms with Crippen molar-refractivity contribution in [3.63, 3.8) is 0 Å². The van der Waals surface area contributed by atoms with Gasteiger partial charge in [0.15, 0.2) is 16.4 Å². The van der Waals surface area contributed by atoms with Gasteiger partial charge in [-0.2, -0.15) is 0 Å². The highest BCUT2D eigenvalue weighted by Crippen LogP contribution is 2.32. The smallest absolute Gasteiger partial charge is 0.258 e. The van der Waals surface area contributed by atoms with Crippen LogP contribution in [0.5, 0.6) is 5.75 Å². The predicted molar refractivity (Wildman–Crippen MR) is 92.3 cm³/mol. The van der Waals surface area contributed by atoms with Crippen LogP contribution in [0.2, 0.25) is 0 Å². The van der Waals surface area contributed by atoms with Gasteiger partial charge in [0.05, 0.1) is 16.0 Å². The molecule has 1 amide bonds. The summed E-state index contributed by atoms with van der Waals surface area (Å²) in [6, 6.07) is 11.3. The minimum absolute atomic E-state index is 0.0123. The number of fused-ring (bicyclic) bond motifs is 1. The van der Waals surface area contributed by atoms with Gasteiger partial charge in [-0.1, -0.05) is 30.3 Å². The molecule has 23 heavy (non-hydrogen) atoms. The molecule has 0 bridgehead atoms. The number of sulfone groups is 1. The van der Waals surface area contributed by atoms with E-state index < -0.39 is 9.84 Å². The zero-order valence-corrected chi connectivity index (χ0v) is 14.7. The monoisotopic (exact) mass is 397 g/mol. The molecule has 5 nitrogen and oxygen atoms in total. The second kappa shape index (κ2) is 6.49. The molecular weight excluding hydrogens is 382 g/mol. The molecule has 1 aliphatic rings. The lowest BCUT2D eigenvalue weighted by Gasteiger charge is -2.13. The van der Waals surface area contributed by atoms with Crippen LogP contribution in [0, 0.1) is 0 Å². The maximum absolute atomic E-state index is 11.9. The van der Waals surface area contributed by atoms with E-state index in [0.29, 0.717) is 12.2 Å². The lowest BCUT2D eigenvalue weighted by atomic mass is 10.1. The molecule has 1 aliphatic heterocycles. The summed E-state index contributed by atoms with van der Waals surface area (Å²) in [5, 5.41) is 4.79. The Morgan fingerprint density at radius 1 is 1.26 bits per heavy atom. The minimum Gasteiger partial charge on any atom is -0.483 e. The van der Waals surface area contributed by atoms with Crippen molar-refractivity contribution in [2.45, 2.75) is 12.5 Å². The van der Waals surface area contributed by atoms with Crippen molar-refractivity contribution in [2.75, 3.05) is 18.1 Å². The lowest BCUT2D eigenvalue weighted by Crippen LogP contribution is -2.38. The maximum atomic E-state index is 11.9. The average molecular weight is 398 g/mol. The largest absolute Gasteiger partial charge is 0.483 e. The number of ether oxygens (including phenoxy) is 1. The molecule has 2 aromatic carbocycles. The molecule has 0 aliphatic carbocycles. The van der Waals surface area contributed by atoms with E-state index in [1.54, 1.807) is 6.07 Å². The summed E-state index contributed by atoms with van der Waals surface area (Å²) in [6.07, 6.45) is 0.466. The van der Waals surface area contributed by atoms with Gasteiger partial charge in [0.25, 0.3) is 5.91 Å². The highest BCUT2D eigenvalue weighted by Gasteiger charge is 2.28. The van der Waals surface area contributed by atoms with Crippen LogP contribution in [0.25, 0.3) is 10.8 Å². The van der Waals surface area contributed by atoms with Gasteiger partial charge in [-0.05, 0) is 39.2 Å². The third-order valence-electron chi connectivity index (χ3n) is 3.78. The summed E-state index contributed by atoms with van der Waals surface area (Å²) in [5.41, 5.74) is 0. The van der Waals surface area contributed by atoms with Crippen LogP contribution < -0.4 is 10.1 Å². The van der Waals surface area contributed by atoms with Crippen LogP contribution in [-0.2, 0) is 14.6 Å². The molecule has 0 aromatic heterocycles. The molecule has 1 fully saturated rings. The van der Waals surface area contributed by atoms with Gasteiger partial charge in [-0.25, -0.2) is 8.42 Å². The number of hydrogen-bond acceptors (Lipinski definition) is 4. The van der Waals surface area contributed by atoms with Crippen molar-refractivity contribution in [1.82, 2.24) is 5.32 Å². The molecule has 2 aromatic rings. The molecule has 3 rings (SSSR count). The topological polar surface area (TPSA) is 72.5 Å². The Bertz CT molecular complexity index is 850. The summed E-state index contributed by atoms with van der Waals surface area (Å²) >= 11 is 3.50. The van der Waals surface area contributed by atoms with Crippen LogP contribution in [0.3, 0.4) is 0 Å². The van der Waals surface area contributed by atoms with Crippen LogP contribution in [0.15, 0.2) is 40.9 Å². The van der Waals surface area contributed by atoms with Gasteiger partial charge < -0.3 is 10.1 Å². The van der Waals surface area contributed by atoms with Crippen LogP contribution >= 0.6 is 15.9 Å². The van der Waals surface area contributed by atoms with Gasteiger partial charge in [0.1, 0.15) is 5.75 Å². The van der Waals surface area contributed by atoms with Crippen molar-refractivity contribution < 1.29 is 17.9 Å². The van der Waals surface area contributed by atoms with E-state index >= 15 is 0 Å². The van der Waals surface area contributed by atoms with Crippen LogP contribution in [-0.4, -0.2) is 38.5 Å². The molecule has 122 valence electrons. The fraction of sp³-hybridized carbons (Fsp3) is 0.312. The number of hydrogen-bond donors (Lipinski definition) is 1. The molecule has 1 N–H and O–H groups in total. The Balaban J connectivity index is 1.62. The van der Waals surface area contributed by atoms with Crippen LogP contribution in [0.1, 0.15) is 6.42 Å². The zero-order valence-electron chi connectivity index (χ0n) is 12.3. The van der Waals surface area contributed by atoms with E-state index in [0.717, 1.165) is 15.2 Å². The fourth-order valence-electron chi connectivity index (χ4n) is 2.65. The summed E-state index contributed by atoms with van der Waals surface area (Å²) in [5.74, 6) is 0.415. The Kier molecular flexibility index (Phi) is 4.59. The molecule has 1 saturated heterocycles.